The van der Waals surface area contributed by atoms with Gasteiger partial charge in [-0.25, -0.2) is 0 Å². The molecule has 2 rings (SSSR count). The van der Waals surface area contributed by atoms with E-state index < -0.39 is 0 Å². The standard InChI is InChI=1S/C18H28N2O/c1-14-5-6-17(15(2)12-14)7-8-18(21)20-11-9-16-4-3-10-19-13-16/h5-6,12,16,19H,3-4,7-11,13H2,1-2H3,(H,20,21). The lowest BCUT2D eigenvalue weighted by atomic mass is 9.96. The largest absolute Gasteiger partial charge is 0.356 e. The Labute approximate surface area is 128 Å². The number of rotatable bonds is 6. The van der Waals surface area contributed by atoms with Gasteiger partial charge in [-0.3, -0.25) is 4.79 Å². The summed E-state index contributed by atoms with van der Waals surface area (Å²) in [5.41, 5.74) is 3.85. The molecule has 1 aliphatic heterocycles. The number of benzene rings is 1. The van der Waals surface area contributed by atoms with Crippen LogP contribution in [0.3, 0.4) is 0 Å². The highest BCUT2D eigenvalue weighted by atomic mass is 16.1. The van der Waals surface area contributed by atoms with Crippen LogP contribution in [0.2, 0.25) is 0 Å². The molecule has 0 spiro atoms. The van der Waals surface area contributed by atoms with Gasteiger partial charge in [-0.15, -0.1) is 0 Å². The molecule has 1 aliphatic rings. The van der Waals surface area contributed by atoms with Gasteiger partial charge in [0.15, 0.2) is 0 Å². The molecule has 1 saturated heterocycles. The summed E-state index contributed by atoms with van der Waals surface area (Å²) in [5.74, 6) is 0.914. The minimum atomic E-state index is 0.179. The fraction of sp³-hybridized carbons (Fsp3) is 0.611. The van der Waals surface area contributed by atoms with Crippen molar-refractivity contribution in [3.05, 3.63) is 34.9 Å². The van der Waals surface area contributed by atoms with Crippen molar-refractivity contribution in [3.8, 4) is 0 Å². The van der Waals surface area contributed by atoms with Gasteiger partial charge < -0.3 is 10.6 Å². The van der Waals surface area contributed by atoms with E-state index in [-0.39, 0.29) is 5.91 Å². The Balaban J connectivity index is 1.65. The molecule has 1 fully saturated rings. The molecule has 0 aliphatic carbocycles. The molecule has 0 bridgehead atoms. The van der Waals surface area contributed by atoms with Gasteiger partial charge in [0.1, 0.15) is 0 Å². The Morgan fingerprint density at radius 1 is 1.38 bits per heavy atom. The summed E-state index contributed by atoms with van der Waals surface area (Å²) in [6.07, 6.45) is 5.09. The van der Waals surface area contributed by atoms with Crippen molar-refractivity contribution in [1.82, 2.24) is 10.6 Å². The molecule has 1 atom stereocenters. The molecule has 2 N–H and O–H groups in total. The van der Waals surface area contributed by atoms with Crippen molar-refractivity contribution in [1.29, 1.82) is 0 Å². The minimum absolute atomic E-state index is 0.179. The Morgan fingerprint density at radius 2 is 2.24 bits per heavy atom. The molecule has 1 unspecified atom stereocenters. The predicted octanol–water partition coefficient (Wildman–Crippen LogP) is 2.74. The van der Waals surface area contributed by atoms with Gasteiger partial charge in [-0.2, -0.15) is 0 Å². The van der Waals surface area contributed by atoms with Crippen LogP contribution in [0, 0.1) is 19.8 Å². The normalized spacial score (nSPS) is 18.5. The van der Waals surface area contributed by atoms with Gasteiger partial charge in [0.2, 0.25) is 5.91 Å². The van der Waals surface area contributed by atoms with E-state index in [0.717, 1.165) is 38.4 Å². The van der Waals surface area contributed by atoms with Crippen LogP contribution >= 0.6 is 0 Å². The van der Waals surface area contributed by atoms with E-state index in [9.17, 15) is 4.79 Å². The summed E-state index contributed by atoms with van der Waals surface area (Å²) >= 11 is 0. The van der Waals surface area contributed by atoms with E-state index in [2.05, 4.69) is 42.7 Å². The maximum absolute atomic E-state index is 11.9. The first-order valence-corrected chi connectivity index (χ1v) is 8.18. The van der Waals surface area contributed by atoms with Crippen LogP contribution in [-0.2, 0) is 11.2 Å². The lowest BCUT2D eigenvalue weighted by Crippen LogP contribution is -2.33. The third-order valence-electron chi connectivity index (χ3n) is 4.39. The topological polar surface area (TPSA) is 41.1 Å². The van der Waals surface area contributed by atoms with Crippen LogP contribution < -0.4 is 10.6 Å². The quantitative estimate of drug-likeness (QED) is 0.845. The summed E-state index contributed by atoms with van der Waals surface area (Å²) in [6, 6.07) is 6.45. The molecular formula is C18H28N2O. The summed E-state index contributed by atoms with van der Waals surface area (Å²) in [4.78, 5) is 11.9. The summed E-state index contributed by atoms with van der Waals surface area (Å²) < 4.78 is 0. The molecule has 3 nitrogen and oxygen atoms in total. The zero-order valence-electron chi connectivity index (χ0n) is 13.4. The Hall–Kier alpha value is -1.35. The van der Waals surface area contributed by atoms with Crippen LogP contribution in [0.4, 0.5) is 0 Å². The number of hydrogen-bond donors (Lipinski definition) is 2. The molecule has 1 aromatic carbocycles. The Kier molecular flexibility index (Phi) is 6.24. The number of carbonyl (C=O) groups excluding carboxylic acids is 1. The number of piperidine rings is 1. The second-order valence-corrected chi connectivity index (χ2v) is 6.28. The van der Waals surface area contributed by atoms with E-state index in [1.807, 2.05) is 0 Å². The monoisotopic (exact) mass is 288 g/mol. The summed E-state index contributed by atoms with van der Waals surface area (Å²) in [7, 11) is 0. The number of carbonyl (C=O) groups is 1. The lowest BCUT2D eigenvalue weighted by Gasteiger charge is -2.22. The van der Waals surface area contributed by atoms with E-state index in [1.165, 1.54) is 29.5 Å². The first kappa shape index (κ1) is 16.0. The zero-order valence-corrected chi connectivity index (χ0v) is 13.4. The van der Waals surface area contributed by atoms with Gasteiger partial charge in [0.05, 0.1) is 0 Å². The van der Waals surface area contributed by atoms with Crippen LogP contribution in [0.1, 0.15) is 42.4 Å². The lowest BCUT2D eigenvalue weighted by molar-refractivity contribution is -0.121. The van der Waals surface area contributed by atoms with E-state index in [4.69, 9.17) is 0 Å². The highest BCUT2D eigenvalue weighted by Crippen LogP contribution is 2.14. The predicted molar refractivity (Wildman–Crippen MR) is 87.5 cm³/mol. The van der Waals surface area contributed by atoms with Crippen LogP contribution in [0.15, 0.2) is 18.2 Å². The van der Waals surface area contributed by atoms with Crippen molar-refractivity contribution < 1.29 is 4.79 Å². The molecule has 0 aromatic heterocycles. The first-order chi connectivity index (χ1) is 10.1. The van der Waals surface area contributed by atoms with E-state index in [0.29, 0.717) is 6.42 Å². The molecule has 21 heavy (non-hydrogen) atoms. The van der Waals surface area contributed by atoms with Gasteiger partial charge in [-0.05, 0) is 69.7 Å². The molecule has 3 heteroatoms. The highest BCUT2D eigenvalue weighted by Gasteiger charge is 2.12. The summed E-state index contributed by atoms with van der Waals surface area (Å²) in [6.45, 7) is 7.30. The van der Waals surface area contributed by atoms with Crippen molar-refractivity contribution in [2.24, 2.45) is 5.92 Å². The van der Waals surface area contributed by atoms with Gasteiger partial charge in [0, 0.05) is 13.0 Å². The van der Waals surface area contributed by atoms with Gasteiger partial charge >= 0.3 is 0 Å². The SMILES string of the molecule is Cc1ccc(CCC(=O)NCCC2CCCNC2)c(C)c1. The Bertz CT molecular complexity index is 464. The van der Waals surface area contributed by atoms with Crippen molar-refractivity contribution in [2.75, 3.05) is 19.6 Å². The summed E-state index contributed by atoms with van der Waals surface area (Å²) in [5, 5.41) is 6.48. The zero-order chi connectivity index (χ0) is 15.1. The smallest absolute Gasteiger partial charge is 0.220 e. The second-order valence-electron chi connectivity index (χ2n) is 6.28. The Morgan fingerprint density at radius 3 is 2.95 bits per heavy atom. The van der Waals surface area contributed by atoms with E-state index >= 15 is 0 Å². The van der Waals surface area contributed by atoms with Gasteiger partial charge in [-0.1, -0.05) is 23.8 Å². The fourth-order valence-corrected chi connectivity index (χ4v) is 3.05. The maximum Gasteiger partial charge on any atom is 0.220 e. The highest BCUT2D eigenvalue weighted by molar-refractivity contribution is 5.76. The molecule has 1 heterocycles. The number of hydrogen-bond acceptors (Lipinski definition) is 2. The van der Waals surface area contributed by atoms with Crippen LogP contribution in [0.25, 0.3) is 0 Å². The first-order valence-electron chi connectivity index (χ1n) is 8.18. The average Bonchev–Trinajstić information content (AvgIpc) is 2.47. The van der Waals surface area contributed by atoms with Crippen LogP contribution in [0.5, 0.6) is 0 Å². The molecule has 116 valence electrons. The number of amides is 1. The minimum Gasteiger partial charge on any atom is -0.356 e. The molecule has 1 aromatic rings. The second kappa shape index (κ2) is 8.18. The number of aryl methyl sites for hydroxylation is 3. The maximum atomic E-state index is 11.9. The van der Waals surface area contributed by atoms with Crippen molar-refractivity contribution in [2.45, 2.75) is 46.0 Å². The van der Waals surface area contributed by atoms with Gasteiger partial charge in [0.25, 0.3) is 0 Å². The molecule has 0 radical (unpaired) electrons. The van der Waals surface area contributed by atoms with Crippen LogP contribution in [-0.4, -0.2) is 25.5 Å². The molecule has 1 amide bonds. The number of nitrogens with one attached hydrogen (secondary N) is 2. The van der Waals surface area contributed by atoms with Crippen molar-refractivity contribution >= 4 is 5.91 Å². The molecular weight excluding hydrogens is 260 g/mol. The third-order valence-corrected chi connectivity index (χ3v) is 4.39. The third kappa shape index (κ3) is 5.50. The van der Waals surface area contributed by atoms with Crippen molar-refractivity contribution in [3.63, 3.8) is 0 Å². The fourth-order valence-electron chi connectivity index (χ4n) is 3.05. The average molecular weight is 288 g/mol. The van der Waals surface area contributed by atoms with E-state index in [1.54, 1.807) is 0 Å². The molecule has 0 saturated carbocycles.